The first kappa shape index (κ1) is 13.9. The lowest BCUT2D eigenvalue weighted by atomic mass is 10.1. The molecule has 0 aliphatic heterocycles. The largest absolute Gasteiger partial charge is 0.416 e. The lowest BCUT2D eigenvalue weighted by Crippen LogP contribution is -2.42. The molecule has 0 radical (unpaired) electrons. The third kappa shape index (κ3) is 3.26. The molecule has 0 saturated carbocycles. The fraction of sp³-hybridized carbons (Fsp3) is 0.462. The predicted molar refractivity (Wildman–Crippen MR) is 62.4 cm³/mol. The lowest BCUT2D eigenvalue weighted by molar-refractivity contribution is -0.202. The van der Waals surface area contributed by atoms with Crippen molar-refractivity contribution in [2.75, 3.05) is 6.54 Å². The number of aliphatic hydroxyl groups is 1. The van der Waals surface area contributed by atoms with Gasteiger partial charge in [0.1, 0.15) is 0 Å². The number of nitrogens with one attached hydrogen (secondary N) is 1. The molecule has 3 nitrogen and oxygen atoms in total. The van der Waals surface area contributed by atoms with Crippen LogP contribution >= 0.6 is 0 Å². The van der Waals surface area contributed by atoms with Crippen molar-refractivity contribution in [3.63, 3.8) is 0 Å². The standard InChI is InChI=1S/C13H14F3NO2/c14-13(15,16)11(18)7-17-12(19)10-5-8-3-1-2-4-9(8)6-10/h1-4,10-11,18H,5-7H2,(H,17,19). The van der Waals surface area contributed by atoms with Gasteiger partial charge in [-0.25, -0.2) is 0 Å². The Morgan fingerprint density at radius 2 is 1.84 bits per heavy atom. The van der Waals surface area contributed by atoms with E-state index in [1.54, 1.807) is 0 Å². The number of carbonyl (C=O) groups excluding carboxylic acids is 1. The second-order valence-corrected chi connectivity index (χ2v) is 4.68. The highest BCUT2D eigenvalue weighted by Gasteiger charge is 2.38. The summed E-state index contributed by atoms with van der Waals surface area (Å²) in [7, 11) is 0. The normalized spacial score (nSPS) is 17.1. The zero-order chi connectivity index (χ0) is 14.0. The Morgan fingerprint density at radius 3 is 2.32 bits per heavy atom. The van der Waals surface area contributed by atoms with E-state index < -0.39 is 24.7 Å². The average Bonchev–Trinajstić information content (AvgIpc) is 2.78. The fourth-order valence-corrected chi connectivity index (χ4v) is 2.20. The molecule has 1 aliphatic rings. The average molecular weight is 273 g/mol. The molecule has 0 fully saturated rings. The van der Waals surface area contributed by atoms with Crippen molar-refractivity contribution in [1.29, 1.82) is 0 Å². The van der Waals surface area contributed by atoms with Crippen LogP contribution in [-0.4, -0.2) is 29.8 Å². The number of amides is 1. The number of carbonyl (C=O) groups is 1. The summed E-state index contributed by atoms with van der Waals surface area (Å²) in [5.74, 6) is -0.794. The van der Waals surface area contributed by atoms with E-state index in [1.165, 1.54) is 0 Å². The van der Waals surface area contributed by atoms with Gasteiger partial charge < -0.3 is 10.4 Å². The maximum atomic E-state index is 12.1. The van der Waals surface area contributed by atoms with Crippen LogP contribution in [0.25, 0.3) is 0 Å². The van der Waals surface area contributed by atoms with Crippen LogP contribution in [0.2, 0.25) is 0 Å². The summed E-state index contributed by atoms with van der Waals surface area (Å²) in [6.07, 6.45) is -6.15. The number of benzene rings is 1. The summed E-state index contributed by atoms with van der Waals surface area (Å²) in [6.45, 7) is -0.796. The van der Waals surface area contributed by atoms with Crippen molar-refractivity contribution >= 4 is 5.91 Å². The molecule has 1 atom stereocenters. The maximum Gasteiger partial charge on any atom is 0.416 e. The van der Waals surface area contributed by atoms with Crippen LogP contribution in [0.15, 0.2) is 24.3 Å². The quantitative estimate of drug-likeness (QED) is 0.875. The van der Waals surface area contributed by atoms with Gasteiger partial charge in [0.2, 0.25) is 5.91 Å². The minimum atomic E-state index is -4.70. The monoisotopic (exact) mass is 273 g/mol. The van der Waals surface area contributed by atoms with Crippen LogP contribution in [0.1, 0.15) is 11.1 Å². The highest BCUT2D eigenvalue weighted by molar-refractivity contribution is 5.80. The molecule has 0 aromatic heterocycles. The number of halogens is 3. The highest BCUT2D eigenvalue weighted by Crippen LogP contribution is 2.26. The zero-order valence-electron chi connectivity index (χ0n) is 10.1. The van der Waals surface area contributed by atoms with Crippen LogP contribution in [0, 0.1) is 5.92 Å². The van der Waals surface area contributed by atoms with Crippen LogP contribution in [0.5, 0.6) is 0 Å². The Bertz CT molecular complexity index is 448. The van der Waals surface area contributed by atoms with Crippen LogP contribution in [-0.2, 0) is 17.6 Å². The van der Waals surface area contributed by atoms with Crippen molar-refractivity contribution < 1.29 is 23.1 Å². The van der Waals surface area contributed by atoms with E-state index in [9.17, 15) is 18.0 Å². The second-order valence-electron chi connectivity index (χ2n) is 4.68. The van der Waals surface area contributed by atoms with Crippen LogP contribution < -0.4 is 5.32 Å². The fourth-order valence-electron chi connectivity index (χ4n) is 2.20. The number of aliphatic hydroxyl groups excluding tert-OH is 1. The van der Waals surface area contributed by atoms with Gasteiger partial charge in [-0.05, 0) is 24.0 Å². The summed E-state index contributed by atoms with van der Waals surface area (Å²) in [6, 6.07) is 7.55. The molecule has 0 spiro atoms. The van der Waals surface area contributed by atoms with E-state index in [0.29, 0.717) is 12.8 Å². The number of alkyl halides is 3. The number of hydrogen-bond acceptors (Lipinski definition) is 2. The topological polar surface area (TPSA) is 49.3 Å². The molecule has 2 rings (SSSR count). The molecule has 0 heterocycles. The van der Waals surface area contributed by atoms with Gasteiger partial charge >= 0.3 is 6.18 Å². The summed E-state index contributed by atoms with van der Waals surface area (Å²) in [5.41, 5.74) is 2.11. The molecule has 0 bridgehead atoms. The van der Waals surface area contributed by atoms with E-state index in [0.717, 1.165) is 11.1 Å². The Balaban J connectivity index is 1.87. The van der Waals surface area contributed by atoms with Gasteiger partial charge in [0.25, 0.3) is 0 Å². The van der Waals surface area contributed by atoms with E-state index in [4.69, 9.17) is 5.11 Å². The third-order valence-corrected chi connectivity index (χ3v) is 3.27. The minimum Gasteiger partial charge on any atom is -0.382 e. The Kier molecular flexibility index (Phi) is 3.80. The Morgan fingerprint density at radius 1 is 1.32 bits per heavy atom. The number of fused-ring (bicyclic) bond motifs is 1. The molecule has 1 unspecified atom stereocenters. The molecular weight excluding hydrogens is 259 g/mol. The first-order chi connectivity index (χ1) is 8.88. The van der Waals surface area contributed by atoms with E-state index in [-0.39, 0.29) is 5.92 Å². The summed E-state index contributed by atoms with van der Waals surface area (Å²) in [4.78, 5) is 11.8. The Labute approximate surface area is 108 Å². The number of hydrogen-bond donors (Lipinski definition) is 2. The highest BCUT2D eigenvalue weighted by atomic mass is 19.4. The van der Waals surface area contributed by atoms with Gasteiger partial charge in [-0.2, -0.15) is 13.2 Å². The minimum absolute atomic E-state index is 0.349. The molecular formula is C13H14F3NO2. The summed E-state index contributed by atoms with van der Waals surface area (Å²) < 4.78 is 36.3. The van der Waals surface area contributed by atoms with Gasteiger partial charge in [-0.1, -0.05) is 24.3 Å². The lowest BCUT2D eigenvalue weighted by Gasteiger charge is -2.16. The predicted octanol–water partition coefficient (Wildman–Crippen LogP) is 1.44. The van der Waals surface area contributed by atoms with Crippen molar-refractivity contribution in [3.8, 4) is 0 Å². The molecule has 1 amide bonds. The third-order valence-electron chi connectivity index (χ3n) is 3.27. The SMILES string of the molecule is O=C(NCC(O)C(F)(F)F)C1Cc2ccccc2C1. The van der Waals surface area contributed by atoms with Gasteiger partial charge in [-0.15, -0.1) is 0 Å². The van der Waals surface area contributed by atoms with Crippen LogP contribution in [0.4, 0.5) is 13.2 Å². The van der Waals surface area contributed by atoms with E-state index in [2.05, 4.69) is 5.32 Å². The summed E-state index contributed by atoms with van der Waals surface area (Å²) >= 11 is 0. The molecule has 0 saturated heterocycles. The molecule has 1 aromatic rings. The smallest absolute Gasteiger partial charge is 0.382 e. The van der Waals surface area contributed by atoms with Crippen molar-refractivity contribution in [1.82, 2.24) is 5.32 Å². The zero-order valence-corrected chi connectivity index (χ0v) is 10.1. The molecule has 6 heteroatoms. The first-order valence-electron chi connectivity index (χ1n) is 5.97. The maximum absolute atomic E-state index is 12.1. The van der Waals surface area contributed by atoms with Gasteiger partial charge in [0, 0.05) is 5.92 Å². The van der Waals surface area contributed by atoms with E-state index >= 15 is 0 Å². The number of rotatable bonds is 3. The molecule has 1 aromatic carbocycles. The van der Waals surface area contributed by atoms with Crippen molar-refractivity contribution in [2.24, 2.45) is 5.92 Å². The molecule has 19 heavy (non-hydrogen) atoms. The van der Waals surface area contributed by atoms with Gasteiger partial charge in [-0.3, -0.25) is 4.79 Å². The van der Waals surface area contributed by atoms with Gasteiger partial charge in [0.15, 0.2) is 6.10 Å². The summed E-state index contributed by atoms with van der Waals surface area (Å²) in [5, 5.41) is 11.0. The van der Waals surface area contributed by atoms with Gasteiger partial charge in [0.05, 0.1) is 6.54 Å². The first-order valence-corrected chi connectivity index (χ1v) is 5.97. The van der Waals surface area contributed by atoms with Crippen molar-refractivity contribution in [2.45, 2.75) is 25.1 Å². The van der Waals surface area contributed by atoms with Crippen molar-refractivity contribution in [3.05, 3.63) is 35.4 Å². The molecule has 1 aliphatic carbocycles. The van der Waals surface area contributed by atoms with Crippen LogP contribution in [0.3, 0.4) is 0 Å². The Hall–Kier alpha value is -1.56. The second kappa shape index (κ2) is 5.21. The molecule has 104 valence electrons. The molecule has 2 N–H and O–H groups in total. The van der Waals surface area contributed by atoms with E-state index in [1.807, 2.05) is 24.3 Å².